The van der Waals surface area contributed by atoms with Gasteiger partial charge in [-0.3, -0.25) is 9.78 Å². The van der Waals surface area contributed by atoms with Gasteiger partial charge in [0.25, 0.3) is 0 Å². The second-order valence-electron chi connectivity index (χ2n) is 4.24. The molecule has 3 atom stereocenters. The molecular formula is C13H20N2O2. The zero-order chi connectivity index (χ0) is 12.8. The zero-order valence-corrected chi connectivity index (χ0v) is 10.8. The average Bonchev–Trinajstić information content (AvgIpc) is 2.37. The number of carbonyl (C=O) groups is 1. The zero-order valence-electron chi connectivity index (χ0n) is 10.8. The number of rotatable bonds is 5. The molecule has 4 nitrogen and oxygen atoms in total. The van der Waals surface area contributed by atoms with E-state index in [-0.39, 0.29) is 24.0 Å². The summed E-state index contributed by atoms with van der Waals surface area (Å²) in [5, 5.41) is 3.35. The number of hydrogen-bond donors (Lipinski definition) is 1. The Hall–Kier alpha value is -1.42. The molecule has 3 unspecified atom stereocenters. The van der Waals surface area contributed by atoms with Crippen molar-refractivity contribution in [3.8, 4) is 0 Å². The van der Waals surface area contributed by atoms with Gasteiger partial charge < -0.3 is 10.1 Å². The van der Waals surface area contributed by atoms with Crippen molar-refractivity contribution < 1.29 is 9.53 Å². The Morgan fingerprint density at radius 2 is 2.06 bits per heavy atom. The van der Waals surface area contributed by atoms with Gasteiger partial charge in [0.1, 0.15) is 0 Å². The maximum atomic E-state index is 11.4. The van der Waals surface area contributed by atoms with Gasteiger partial charge >= 0.3 is 5.97 Å². The molecule has 1 rings (SSSR count). The first-order chi connectivity index (χ1) is 8.06. The van der Waals surface area contributed by atoms with Crippen molar-refractivity contribution in [1.82, 2.24) is 10.3 Å². The van der Waals surface area contributed by atoms with Crippen LogP contribution in [0.1, 0.15) is 32.5 Å². The van der Waals surface area contributed by atoms with Crippen LogP contribution in [0.25, 0.3) is 0 Å². The normalized spacial score (nSPS) is 16.0. The van der Waals surface area contributed by atoms with E-state index in [1.165, 1.54) is 7.11 Å². The molecule has 0 aliphatic rings. The fraction of sp³-hybridized carbons (Fsp3) is 0.538. The summed E-state index contributed by atoms with van der Waals surface area (Å²) in [7, 11) is 1.41. The van der Waals surface area contributed by atoms with Crippen LogP contribution in [0, 0.1) is 5.92 Å². The highest BCUT2D eigenvalue weighted by Crippen LogP contribution is 2.13. The maximum Gasteiger partial charge on any atom is 0.309 e. The lowest BCUT2D eigenvalue weighted by atomic mass is 10.0. The summed E-state index contributed by atoms with van der Waals surface area (Å²) in [6.07, 6.45) is 1.77. The summed E-state index contributed by atoms with van der Waals surface area (Å²) < 4.78 is 4.73. The highest BCUT2D eigenvalue weighted by Gasteiger charge is 2.22. The predicted octanol–water partition coefficient (Wildman–Crippen LogP) is 1.93. The van der Waals surface area contributed by atoms with E-state index in [0.717, 1.165) is 5.69 Å². The van der Waals surface area contributed by atoms with Crippen LogP contribution in [-0.4, -0.2) is 24.1 Å². The molecule has 1 aromatic rings. The molecule has 0 fully saturated rings. The number of ether oxygens (including phenoxy) is 1. The molecule has 4 heteroatoms. The molecule has 0 spiro atoms. The number of aromatic nitrogens is 1. The van der Waals surface area contributed by atoms with Crippen molar-refractivity contribution in [2.45, 2.75) is 32.9 Å². The molecule has 94 valence electrons. The molecule has 0 aliphatic carbocycles. The highest BCUT2D eigenvalue weighted by molar-refractivity contribution is 5.72. The van der Waals surface area contributed by atoms with E-state index < -0.39 is 0 Å². The van der Waals surface area contributed by atoms with Crippen LogP contribution in [0.4, 0.5) is 0 Å². The third kappa shape index (κ3) is 3.82. The minimum absolute atomic E-state index is 0.0412. The van der Waals surface area contributed by atoms with E-state index in [1.807, 2.05) is 39.0 Å². The van der Waals surface area contributed by atoms with Crippen molar-refractivity contribution in [1.29, 1.82) is 0 Å². The van der Waals surface area contributed by atoms with Crippen LogP contribution in [0.15, 0.2) is 24.4 Å². The second-order valence-corrected chi connectivity index (χ2v) is 4.24. The number of nitrogens with zero attached hydrogens (tertiary/aromatic N) is 1. The van der Waals surface area contributed by atoms with Crippen LogP contribution >= 0.6 is 0 Å². The van der Waals surface area contributed by atoms with Crippen LogP contribution < -0.4 is 5.32 Å². The Bertz CT molecular complexity index is 354. The van der Waals surface area contributed by atoms with Crippen molar-refractivity contribution in [3.63, 3.8) is 0 Å². The Kier molecular flexibility index (Phi) is 5.10. The summed E-state index contributed by atoms with van der Waals surface area (Å²) in [5.74, 6) is -0.371. The van der Waals surface area contributed by atoms with Gasteiger partial charge in [-0.05, 0) is 26.0 Å². The van der Waals surface area contributed by atoms with E-state index >= 15 is 0 Å². The van der Waals surface area contributed by atoms with Gasteiger partial charge in [-0.1, -0.05) is 13.0 Å². The van der Waals surface area contributed by atoms with Crippen LogP contribution in [-0.2, 0) is 9.53 Å². The second kappa shape index (κ2) is 6.35. The first-order valence-electron chi connectivity index (χ1n) is 5.81. The number of nitrogens with one attached hydrogen (secondary N) is 1. The smallest absolute Gasteiger partial charge is 0.309 e. The third-order valence-electron chi connectivity index (χ3n) is 2.97. The fourth-order valence-electron chi connectivity index (χ4n) is 1.65. The van der Waals surface area contributed by atoms with Crippen LogP contribution in [0.2, 0.25) is 0 Å². The number of carbonyl (C=O) groups excluding carboxylic acids is 1. The third-order valence-corrected chi connectivity index (χ3v) is 2.97. The summed E-state index contributed by atoms with van der Waals surface area (Å²) in [5.41, 5.74) is 0.969. The van der Waals surface area contributed by atoms with Crippen molar-refractivity contribution in [3.05, 3.63) is 30.1 Å². The molecule has 0 aromatic carbocycles. The largest absolute Gasteiger partial charge is 0.469 e. The molecule has 0 radical (unpaired) electrons. The molecule has 1 N–H and O–H groups in total. The van der Waals surface area contributed by atoms with Gasteiger partial charge in [0.2, 0.25) is 0 Å². The first kappa shape index (κ1) is 13.6. The molecular weight excluding hydrogens is 216 g/mol. The Morgan fingerprint density at radius 1 is 1.35 bits per heavy atom. The SMILES string of the molecule is COC(=O)C(C)C(C)NC(C)c1ccccn1. The standard InChI is InChI=1S/C13H20N2O2/c1-9(13(16)17-4)10(2)15-11(3)12-7-5-6-8-14-12/h5-11,15H,1-4H3. The predicted molar refractivity (Wildman–Crippen MR) is 66.4 cm³/mol. The minimum Gasteiger partial charge on any atom is -0.469 e. The number of methoxy groups -OCH3 is 1. The van der Waals surface area contributed by atoms with Crippen molar-refractivity contribution >= 4 is 5.97 Å². The summed E-state index contributed by atoms with van der Waals surface area (Å²) in [6.45, 7) is 5.86. The monoisotopic (exact) mass is 236 g/mol. The molecule has 0 amide bonds. The summed E-state index contributed by atoms with van der Waals surface area (Å²) in [4.78, 5) is 15.7. The van der Waals surface area contributed by atoms with Gasteiger partial charge in [0, 0.05) is 18.3 Å². The Balaban J connectivity index is 2.57. The Labute approximate surface area is 102 Å². The first-order valence-corrected chi connectivity index (χ1v) is 5.81. The van der Waals surface area contributed by atoms with Crippen LogP contribution in [0.5, 0.6) is 0 Å². The lowest BCUT2D eigenvalue weighted by Gasteiger charge is -2.23. The number of esters is 1. The Morgan fingerprint density at radius 3 is 2.59 bits per heavy atom. The van der Waals surface area contributed by atoms with Crippen molar-refractivity contribution in [2.75, 3.05) is 7.11 Å². The van der Waals surface area contributed by atoms with Gasteiger partial charge in [-0.15, -0.1) is 0 Å². The van der Waals surface area contributed by atoms with Gasteiger partial charge in [-0.2, -0.15) is 0 Å². The van der Waals surface area contributed by atoms with E-state index in [4.69, 9.17) is 4.74 Å². The lowest BCUT2D eigenvalue weighted by Crippen LogP contribution is -2.38. The quantitative estimate of drug-likeness (QED) is 0.794. The molecule has 0 saturated carbocycles. The van der Waals surface area contributed by atoms with Crippen molar-refractivity contribution in [2.24, 2.45) is 5.92 Å². The molecule has 17 heavy (non-hydrogen) atoms. The molecule has 0 saturated heterocycles. The number of pyridine rings is 1. The van der Waals surface area contributed by atoms with E-state index in [1.54, 1.807) is 6.20 Å². The molecule has 0 aliphatic heterocycles. The van der Waals surface area contributed by atoms with Gasteiger partial charge in [0.05, 0.1) is 18.7 Å². The van der Waals surface area contributed by atoms with Crippen LogP contribution in [0.3, 0.4) is 0 Å². The lowest BCUT2D eigenvalue weighted by molar-refractivity contribution is -0.145. The topological polar surface area (TPSA) is 51.2 Å². The maximum absolute atomic E-state index is 11.4. The van der Waals surface area contributed by atoms with E-state index in [9.17, 15) is 4.79 Å². The molecule has 0 bridgehead atoms. The molecule has 1 aromatic heterocycles. The van der Waals surface area contributed by atoms with Gasteiger partial charge in [-0.25, -0.2) is 0 Å². The van der Waals surface area contributed by atoms with E-state index in [0.29, 0.717) is 0 Å². The fourth-order valence-corrected chi connectivity index (χ4v) is 1.65. The summed E-state index contributed by atoms with van der Waals surface area (Å²) in [6, 6.07) is 5.96. The highest BCUT2D eigenvalue weighted by atomic mass is 16.5. The molecule has 1 heterocycles. The number of hydrogen-bond acceptors (Lipinski definition) is 4. The average molecular weight is 236 g/mol. The van der Waals surface area contributed by atoms with E-state index in [2.05, 4.69) is 10.3 Å². The minimum atomic E-state index is -0.196. The van der Waals surface area contributed by atoms with Gasteiger partial charge in [0.15, 0.2) is 0 Å². The summed E-state index contributed by atoms with van der Waals surface area (Å²) >= 11 is 0.